The number of amides is 2. The van der Waals surface area contributed by atoms with Crippen LogP contribution in [-0.2, 0) is 25.4 Å². The van der Waals surface area contributed by atoms with Gasteiger partial charge in [0.05, 0.1) is 11.7 Å². The second-order valence-corrected chi connectivity index (χ2v) is 8.04. The summed E-state index contributed by atoms with van der Waals surface area (Å²) < 4.78 is 2.27. The number of carbonyl (C=O) groups excluding carboxylic acids is 2. The minimum atomic E-state index is -0.997. The zero-order valence-corrected chi connectivity index (χ0v) is 18.3. The van der Waals surface area contributed by atoms with Gasteiger partial charge in [0.25, 0.3) is 11.5 Å². The van der Waals surface area contributed by atoms with Crippen LogP contribution in [0.1, 0.15) is 40.4 Å². The van der Waals surface area contributed by atoms with Gasteiger partial charge in [-0.15, -0.1) is 0 Å². The fourth-order valence-corrected chi connectivity index (χ4v) is 3.92. The number of aromatic nitrogens is 2. The average Bonchev–Trinajstić information content (AvgIpc) is 2.83. The van der Waals surface area contributed by atoms with Gasteiger partial charge >= 0.3 is 5.69 Å². The molecule has 0 bridgehead atoms. The van der Waals surface area contributed by atoms with Gasteiger partial charge in [0.15, 0.2) is 0 Å². The monoisotopic (exact) mass is 440 g/mol. The Kier molecular flexibility index (Phi) is 7.09. The van der Waals surface area contributed by atoms with E-state index >= 15 is 0 Å². The maximum Gasteiger partial charge on any atom is 0.330 e. The van der Waals surface area contributed by atoms with Crippen molar-refractivity contribution < 1.29 is 14.7 Å². The van der Waals surface area contributed by atoms with Crippen molar-refractivity contribution in [1.29, 1.82) is 0 Å². The Morgan fingerprint density at radius 2 is 1.81 bits per heavy atom. The Morgan fingerprint density at radius 3 is 2.41 bits per heavy atom. The highest BCUT2D eigenvalue weighted by Crippen LogP contribution is 2.29. The van der Waals surface area contributed by atoms with Crippen LogP contribution in [0.5, 0.6) is 0 Å². The van der Waals surface area contributed by atoms with E-state index in [-0.39, 0.29) is 23.3 Å². The summed E-state index contributed by atoms with van der Waals surface area (Å²) in [6.45, 7) is 4.68. The molecule has 2 N–H and O–H groups in total. The molecular weight excluding hydrogens is 412 g/mol. The van der Waals surface area contributed by atoms with Gasteiger partial charge < -0.3 is 19.9 Å². The van der Waals surface area contributed by atoms with Crippen molar-refractivity contribution in [3.8, 4) is 0 Å². The van der Waals surface area contributed by atoms with Crippen molar-refractivity contribution in [3.05, 3.63) is 80.6 Å². The number of hydrogen-bond donors (Lipinski definition) is 2. The van der Waals surface area contributed by atoms with Crippen LogP contribution in [-0.4, -0.2) is 44.0 Å². The summed E-state index contributed by atoms with van der Waals surface area (Å²) in [7, 11) is 2.93. The topological polar surface area (TPSA) is 114 Å². The molecule has 0 aliphatic carbocycles. The molecule has 32 heavy (non-hydrogen) atoms. The van der Waals surface area contributed by atoms with E-state index in [4.69, 9.17) is 0 Å². The number of likely N-dealkylation sites (tertiary alicyclic amines) is 1. The predicted molar refractivity (Wildman–Crippen MR) is 119 cm³/mol. The van der Waals surface area contributed by atoms with Crippen LogP contribution in [0.2, 0.25) is 0 Å². The van der Waals surface area contributed by atoms with Gasteiger partial charge in [-0.25, -0.2) is 4.79 Å². The molecule has 3 rings (SSSR count). The van der Waals surface area contributed by atoms with E-state index in [1.807, 2.05) is 0 Å². The molecule has 1 aliphatic rings. The van der Waals surface area contributed by atoms with Crippen molar-refractivity contribution >= 4 is 11.8 Å². The zero-order chi connectivity index (χ0) is 23.4. The molecule has 2 amide bonds. The highest BCUT2D eigenvalue weighted by atomic mass is 16.3. The first-order valence-electron chi connectivity index (χ1n) is 10.5. The van der Waals surface area contributed by atoms with Crippen LogP contribution in [0, 0.1) is 5.92 Å². The highest BCUT2D eigenvalue weighted by molar-refractivity contribution is 5.94. The fraction of sp³-hybridized carbons (Fsp3) is 0.391. The molecule has 170 valence electrons. The van der Waals surface area contributed by atoms with Gasteiger partial charge in [0.1, 0.15) is 0 Å². The first kappa shape index (κ1) is 23.2. The quantitative estimate of drug-likeness (QED) is 0.634. The molecular formula is C23H28N4O5. The van der Waals surface area contributed by atoms with Crippen LogP contribution in [0.25, 0.3) is 0 Å². The molecule has 1 unspecified atom stereocenters. The SMILES string of the molecule is C=CC(=O)NCc1ccc(C(=O)N2CCC(C(O)c3cn(C)c(=O)n(C)c3=O)CC2)cc1. The molecule has 0 spiro atoms. The first-order chi connectivity index (χ1) is 15.2. The molecule has 1 saturated heterocycles. The Labute approximate surface area is 185 Å². The number of piperidine rings is 1. The van der Waals surface area contributed by atoms with Gasteiger partial charge in [-0.2, -0.15) is 0 Å². The van der Waals surface area contributed by atoms with Crippen LogP contribution in [0.15, 0.2) is 52.7 Å². The van der Waals surface area contributed by atoms with Crippen LogP contribution in [0.4, 0.5) is 0 Å². The number of carbonyl (C=O) groups is 2. The lowest BCUT2D eigenvalue weighted by molar-refractivity contribution is -0.116. The van der Waals surface area contributed by atoms with E-state index in [1.54, 1.807) is 29.2 Å². The minimum absolute atomic E-state index is 0.0994. The summed E-state index contributed by atoms with van der Waals surface area (Å²) in [6, 6.07) is 7.05. The number of hydrogen-bond acceptors (Lipinski definition) is 5. The molecule has 2 aromatic rings. The molecule has 1 atom stereocenters. The smallest absolute Gasteiger partial charge is 0.330 e. The molecule has 9 nitrogen and oxygen atoms in total. The average molecular weight is 441 g/mol. The minimum Gasteiger partial charge on any atom is -0.388 e. The maximum absolute atomic E-state index is 12.8. The molecule has 1 fully saturated rings. The number of nitrogens with zero attached hydrogens (tertiary/aromatic N) is 3. The highest BCUT2D eigenvalue weighted by Gasteiger charge is 2.30. The Balaban J connectivity index is 1.61. The normalized spacial score (nSPS) is 15.3. The van der Waals surface area contributed by atoms with Gasteiger partial charge in [-0.1, -0.05) is 18.7 Å². The van der Waals surface area contributed by atoms with Crippen molar-refractivity contribution in [2.24, 2.45) is 20.0 Å². The zero-order valence-electron chi connectivity index (χ0n) is 18.3. The molecule has 0 saturated carbocycles. The third-order valence-electron chi connectivity index (χ3n) is 5.92. The Hall–Kier alpha value is -3.46. The first-order valence-corrected chi connectivity index (χ1v) is 10.5. The Morgan fingerprint density at radius 1 is 1.19 bits per heavy atom. The van der Waals surface area contributed by atoms with Gasteiger partial charge in [-0.05, 0) is 42.5 Å². The second-order valence-electron chi connectivity index (χ2n) is 8.04. The summed E-state index contributed by atoms with van der Waals surface area (Å²) in [5.41, 5.74) is 0.676. The van der Waals surface area contributed by atoms with Crippen molar-refractivity contribution in [2.45, 2.75) is 25.5 Å². The predicted octanol–water partition coefficient (Wildman–Crippen LogP) is 0.472. The van der Waals surface area contributed by atoms with E-state index < -0.39 is 17.4 Å². The lowest BCUT2D eigenvalue weighted by Crippen LogP contribution is -2.42. The molecule has 1 aliphatic heterocycles. The van der Waals surface area contributed by atoms with Gasteiger partial charge in [0.2, 0.25) is 5.91 Å². The third kappa shape index (κ3) is 4.88. The Bertz CT molecular complexity index is 1120. The van der Waals surface area contributed by atoms with E-state index in [9.17, 15) is 24.3 Å². The molecule has 2 heterocycles. The fourth-order valence-electron chi connectivity index (χ4n) is 3.92. The van der Waals surface area contributed by atoms with Crippen molar-refractivity contribution in [1.82, 2.24) is 19.4 Å². The lowest BCUT2D eigenvalue weighted by Gasteiger charge is -2.34. The molecule has 1 aromatic carbocycles. The summed E-state index contributed by atoms with van der Waals surface area (Å²) in [4.78, 5) is 50.1. The largest absolute Gasteiger partial charge is 0.388 e. The second kappa shape index (κ2) is 9.78. The number of rotatable bonds is 6. The van der Waals surface area contributed by atoms with E-state index in [0.29, 0.717) is 38.0 Å². The molecule has 0 radical (unpaired) electrons. The van der Waals surface area contributed by atoms with E-state index in [0.717, 1.165) is 10.1 Å². The van der Waals surface area contributed by atoms with Crippen molar-refractivity contribution in [2.75, 3.05) is 13.1 Å². The summed E-state index contributed by atoms with van der Waals surface area (Å²) in [6.07, 6.45) is 2.69. The third-order valence-corrected chi connectivity index (χ3v) is 5.92. The van der Waals surface area contributed by atoms with E-state index in [1.165, 1.54) is 30.9 Å². The van der Waals surface area contributed by atoms with Crippen LogP contribution < -0.4 is 16.6 Å². The number of aryl methyl sites for hydroxylation is 1. The number of aliphatic hydroxyl groups excluding tert-OH is 1. The number of nitrogens with one attached hydrogen (secondary N) is 1. The standard InChI is InChI=1S/C23H28N4O5/c1-4-19(28)24-13-15-5-7-17(8-6-15)21(30)27-11-9-16(10-12-27)20(29)18-14-25(2)23(32)26(3)22(18)31/h4-8,14,16,20,29H,1,9-13H2,2-3H3,(H,24,28). The summed E-state index contributed by atoms with van der Waals surface area (Å²) in [5, 5.41) is 13.5. The lowest BCUT2D eigenvalue weighted by atomic mass is 9.88. The number of benzene rings is 1. The van der Waals surface area contributed by atoms with Crippen LogP contribution >= 0.6 is 0 Å². The van der Waals surface area contributed by atoms with Crippen LogP contribution in [0.3, 0.4) is 0 Å². The maximum atomic E-state index is 12.8. The van der Waals surface area contributed by atoms with Crippen molar-refractivity contribution in [3.63, 3.8) is 0 Å². The summed E-state index contributed by atoms with van der Waals surface area (Å²) in [5.74, 6) is -0.538. The summed E-state index contributed by atoms with van der Waals surface area (Å²) >= 11 is 0. The number of aliphatic hydroxyl groups is 1. The molecule has 9 heteroatoms. The van der Waals surface area contributed by atoms with E-state index in [2.05, 4.69) is 11.9 Å². The van der Waals surface area contributed by atoms with Gasteiger partial charge in [0, 0.05) is 45.5 Å². The molecule has 1 aromatic heterocycles. The van der Waals surface area contributed by atoms with Gasteiger partial charge in [-0.3, -0.25) is 19.0 Å².